The van der Waals surface area contributed by atoms with E-state index in [-0.39, 0.29) is 11.8 Å². The molecule has 0 aromatic heterocycles. The van der Waals surface area contributed by atoms with E-state index in [9.17, 15) is 5.11 Å². The van der Waals surface area contributed by atoms with E-state index in [0.29, 0.717) is 15.7 Å². The molecular weight excluding hydrogens is 365 g/mol. The van der Waals surface area contributed by atoms with E-state index in [2.05, 4.69) is 11.9 Å². The van der Waals surface area contributed by atoms with Crippen LogP contribution in [-0.2, 0) is 0 Å². The summed E-state index contributed by atoms with van der Waals surface area (Å²) in [5, 5.41) is 13.7. The van der Waals surface area contributed by atoms with Crippen molar-refractivity contribution in [2.45, 2.75) is 24.8 Å². The Balaban J connectivity index is 1.81. The highest BCUT2D eigenvalue weighted by Crippen LogP contribution is 2.63. The molecule has 3 atom stereocenters. The van der Waals surface area contributed by atoms with E-state index in [1.165, 1.54) is 0 Å². The quantitative estimate of drug-likeness (QED) is 0.647. The summed E-state index contributed by atoms with van der Waals surface area (Å²) in [6.07, 6.45) is 0. The monoisotopic (exact) mass is 381 g/mol. The smallest absolute Gasteiger partial charge is 0.155 e. The Morgan fingerprint density at radius 3 is 2.50 bits per heavy atom. The standard InChI is InChI=1S/C19H18Cl3NO/c1-10-6-13(9-14(20)7-10)18-17(19(18,22)24)12(3)23-15-4-5-16(21)11(2)8-15/h4-9,17-18,23-24H,3H2,1-2H3. The maximum atomic E-state index is 10.5. The van der Waals surface area contributed by atoms with Gasteiger partial charge in [0, 0.05) is 27.3 Å². The van der Waals surface area contributed by atoms with Gasteiger partial charge in [-0.05, 0) is 60.9 Å². The molecule has 1 aliphatic carbocycles. The summed E-state index contributed by atoms with van der Waals surface area (Å²) in [4.78, 5) is 0. The van der Waals surface area contributed by atoms with Crippen molar-refractivity contribution in [3.63, 3.8) is 0 Å². The molecule has 126 valence electrons. The third kappa shape index (κ3) is 3.29. The Hall–Kier alpha value is -1.19. The van der Waals surface area contributed by atoms with Gasteiger partial charge in [0.1, 0.15) is 0 Å². The predicted molar refractivity (Wildman–Crippen MR) is 102 cm³/mol. The molecule has 3 unspecified atom stereocenters. The molecule has 0 amide bonds. The van der Waals surface area contributed by atoms with Gasteiger partial charge in [-0.3, -0.25) is 0 Å². The molecule has 2 aromatic rings. The highest BCUT2D eigenvalue weighted by atomic mass is 35.5. The van der Waals surface area contributed by atoms with Crippen LogP contribution in [-0.4, -0.2) is 10.2 Å². The first-order valence-electron chi connectivity index (χ1n) is 7.60. The Labute approximate surface area is 157 Å². The minimum atomic E-state index is -1.36. The fraction of sp³-hybridized carbons (Fsp3) is 0.263. The zero-order chi connectivity index (χ0) is 17.6. The summed E-state index contributed by atoms with van der Waals surface area (Å²) >= 11 is 18.5. The fourth-order valence-corrected chi connectivity index (χ4v) is 4.01. The lowest BCUT2D eigenvalue weighted by atomic mass is 10.1. The third-order valence-electron chi connectivity index (χ3n) is 4.36. The van der Waals surface area contributed by atoms with Crippen LogP contribution in [0, 0.1) is 19.8 Å². The van der Waals surface area contributed by atoms with E-state index >= 15 is 0 Å². The van der Waals surface area contributed by atoms with Gasteiger partial charge in [0.2, 0.25) is 0 Å². The second-order valence-electron chi connectivity index (χ2n) is 6.36. The number of hydrogen-bond donors (Lipinski definition) is 2. The molecule has 1 saturated carbocycles. The predicted octanol–water partition coefficient (Wildman–Crippen LogP) is 5.88. The minimum Gasteiger partial charge on any atom is -0.374 e. The molecule has 3 rings (SSSR count). The lowest BCUT2D eigenvalue weighted by molar-refractivity contribution is 0.219. The summed E-state index contributed by atoms with van der Waals surface area (Å²) < 4.78 is 0. The number of halogens is 3. The minimum absolute atomic E-state index is 0.245. The van der Waals surface area contributed by atoms with Crippen molar-refractivity contribution in [3.8, 4) is 0 Å². The third-order valence-corrected chi connectivity index (χ3v) is 5.47. The molecule has 1 aliphatic rings. The second-order valence-corrected chi connectivity index (χ2v) is 7.81. The summed E-state index contributed by atoms with van der Waals surface area (Å²) in [6, 6.07) is 11.3. The molecule has 5 heteroatoms. The van der Waals surface area contributed by atoms with Crippen molar-refractivity contribution in [2.75, 3.05) is 5.32 Å². The average molecular weight is 383 g/mol. The Kier molecular flexibility index (Phi) is 4.61. The van der Waals surface area contributed by atoms with Crippen molar-refractivity contribution in [1.29, 1.82) is 0 Å². The van der Waals surface area contributed by atoms with Gasteiger partial charge in [-0.1, -0.05) is 47.4 Å². The maximum Gasteiger partial charge on any atom is 0.155 e. The van der Waals surface area contributed by atoms with E-state index < -0.39 is 5.06 Å². The fourth-order valence-electron chi connectivity index (χ4n) is 3.15. The molecule has 0 bridgehead atoms. The van der Waals surface area contributed by atoms with Gasteiger partial charge in [0.15, 0.2) is 5.06 Å². The first-order chi connectivity index (χ1) is 11.2. The number of hydrogen-bond acceptors (Lipinski definition) is 2. The number of aliphatic hydroxyl groups is 1. The van der Waals surface area contributed by atoms with Gasteiger partial charge in [-0.15, -0.1) is 0 Å². The van der Waals surface area contributed by atoms with Gasteiger partial charge in [-0.2, -0.15) is 0 Å². The lowest BCUT2D eigenvalue weighted by Crippen LogP contribution is -2.07. The molecule has 0 spiro atoms. The topological polar surface area (TPSA) is 32.3 Å². The van der Waals surface area contributed by atoms with Gasteiger partial charge in [-0.25, -0.2) is 0 Å². The summed E-state index contributed by atoms with van der Waals surface area (Å²) in [5.41, 5.74) is 4.44. The Bertz CT molecular complexity index is 796. The highest BCUT2D eigenvalue weighted by molar-refractivity contribution is 6.31. The molecule has 24 heavy (non-hydrogen) atoms. The van der Waals surface area contributed by atoms with Crippen LogP contribution in [0.5, 0.6) is 0 Å². The van der Waals surface area contributed by atoms with E-state index in [0.717, 1.165) is 22.4 Å². The maximum absolute atomic E-state index is 10.5. The van der Waals surface area contributed by atoms with Crippen LogP contribution < -0.4 is 5.32 Å². The molecule has 2 nitrogen and oxygen atoms in total. The number of nitrogens with one attached hydrogen (secondary N) is 1. The van der Waals surface area contributed by atoms with E-state index in [1.807, 2.05) is 50.2 Å². The van der Waals surface area contributed by atoms with Crippen LogP contribution in [0.25, 0.3) is 0 Å². The summed E-state index contributed by atoms with van der Waals surface area (Å²) in [6.45, 7) is 7.95. The van der Waals surface area contributed by atoms with Crippen molar-refractivity contribution < 1.29 is 5.11 Å². The molecule has 2 aromatic carbocycles. The Morgan fingerprint density at radius 2 is 1.88 bits per heavy atom. The van der Waals surface area contributed by atoms with Gasteiger partial charge >= 0.3 is 0 Å². The first-order valence-corrected chi connectivity index (χ1v) is 8.74. The zero-order valence-electron chi connectivity index (χ0n) is 13.4. The van der Waals surface area contributed by atoms with Crippen LogP contribution in [0.1, 0.15) is 22.6 Å². The normalized spacial score (nSPS) is 25.4. The van der Waals surface area contributed by atoms with Crippen molar-refractivity contribution in [1.82, 2.24) is 0 Å². The average Bonchev–Trinajstić information content (AvgIpc) is 3.05. The number of rotatable bonds is 4. The van der Waals surface area contributed by atoms with Gasteiger partial charge in [0.25, 0.3) is 0 Å². The summed E-state index contributed by atoms with van der Waals surface area (Å²) in [7, 11) is 0. The SMILES string of the molecule is C=C(Nc1ccc(Cl)c(C)c1)C1C(c2cc(C)cc(Cl)c2)C1(O)Cl. The van der Waals surface area contributed by atoms with Crippen LogP contribution in [0.2, 0.25) is 10.0 Å². The van der Waals surface area contributed by atoms with Gasteiger partial charge in [0.05, 0.1) is 5.92 Å². The lowest BCUT2D eigenvalue weighted by Gasteiger charge is -2.11. The number of benzene rings is 2. The van der Waals surface area contributed by atoms with Crippen LogP contribution in [0.3, 0.4) is 0 Å². The van der Waals surface area contributed by atoms with Crippen molar-refractivity contribution >= 4 is 40.5 Å². The number of alkyl halides is 1. The van der Waals surface area contributed by atoms with Crippen LogP contribution in [0.15, 0.2) is 48.7 Å². The zero-order valence-corrected chi connectivity index (χ0v) is 15.7. The number of aryl methyl sites for hydroxylation is 2. The summed E-state index contributed by atoms with van der Waals surface area (Å²) in [5.74, 6) is -0.544. The molecular formula is C19H18Cl3NO. The first kappa shape index (κ1) is 17.6. The number of anilines is 1. The second kappa shape index (κ2) is 6.27. The van der Waals surface area contributed by atoms with Crippen LogP contribution >= 0.6 is 34.8 Å². The Morgan fingerprint density at radius 1 is 1.17 bits per heavy atom. The van der Waals surface area contributed by atoms with Crippen molar-refractivity contribution in [3.05, 3.63) is 75.4 Å². The van der Waals surface area contributed by atoms with Gasteiger partial charge < -0.3 is 10.4 Å². The molecule has 2 N–H and O–H groups in total. The largest absolute Gasteiger partial charge is 0.374 e. The highest BCUT2D eigenvalue weighted by Gasteiger charge is 2.65. The van der Waals surface area contributed by atoms with Crippen LogP contribution in [0.4, 0.5) is 5.69 Å². The van der Waals surface area contributed by atoms with Crippen molar-refractivity contribution in [2.24, 2.45) is 5.92 Å². The van der Waals surface area contributed by atoms with E-state index in [1.54, 1.807) is 0 Å². The molecule has 0 saturated heterocycles. The molecule has 0 heterocycles. The molecule has 1 fully saturated rings. The molecule has 0 radical (unpaired) electrons. The molecule has 0 aliphatic heterocycles. The van der Waals surface area contributed by atoms with E-state index in [4.69, 9.17) is 34.8 Å².